The van der Waals surface area contributed by atoms with Crippen LogP contribution < -0.4 is 16.4 Å². The van der Waals surface area contributed by atoms with Gasteiger partial charge in [-0.15, -0.1) is 0 Å². The molecule has 0 saturated carbocycles. The Labute approximate surface area is 239 Å². The first kappa shape index (κ1) is 27.2. The van der Waals surface area contributed by atoms with Crippen molar-refractivity contribution in [3.05, 3.63) is 93.2 Å². The number of anilines is 2. The summed E-state index contributed by atoms with van der Waals surface area (Å²) in [7, 11) is 0. The zero-order valence-corrected chi connectivity index (χ0v) is 22.5. The standard InChI is InChI=1S/C28H24Cl2N6O4/c29-20-11-16-13-36(27(38)15-5-7-17(31)8-6-15)10-9-18(16)24(30)23(20)26(37)35-22(28(39)40)12-32-25-19-3-1-2-4-21(19)33-14-34-25/h1-8,11,14,22H,9-10,12-13,31H2,(H,35,37)(H,39,40)(H,32,33,34)/t22-/m0/s1. The lowest BCUT2D eigenvalue weighted by Gasteiger charge is -2.30. The van der Waals surface area contributed by atoms with Crippen molar-refractivity contribution in [1.29, 1.82) is 0 Å². The number of nitrogens with zero attached hydrogens (tertiary/aromatic N) is 3. The van der Waals surface area contributed by atoms with Crippen molar-refractivity contribution >= 4 is 63.4 Å². The highest BCUT2D eigenvalue weighted by atomic mass is 35.5. The SMILES string of the molecule is Nc1ccc(C(=O)N2CCc3c(cc(Cl)c(C(=O)N[C@@H](CNc4ncnc5ccccc45)C(=O)O)c3Cl)C2)cc1. The fraction of sp³-hybridized carbons (Fsp3) is 0.179. The highest BCUT2D eigenvalue weighted by molar-refractivity contribution is 6.40. The summed E-state index contributed by atoms with van der Waals surface area (Å²) in [5.41, 5.74) is 8.88. The van der Waals surface area contributed by atoms with Gasteiger partial charge in [-0.05, 0) is 60.0 Å². The number of rotatable bonds is 7. The van der Waals surface area contributed by atoms with Crippen LogP contribution in [0, 0.1) is 0 Å². The minimum Gasteiger partial charge on any atom is -0.480 e. The molecule has 0 saturated heterocycles. The Morgan fingerprint density at radius 3 is 2.58 bits per heavy atom. The van der Waals surface area contributed by atoms with Gasteiger partial charge in [-0.1, -0.05) is 35.3 Å². The molecule has 0 aliphatic carbocycles. The third-order valence-corrected chi connectivity index (χ3v) is 7.41. The van der Waals surface area contributed by atoms with E-state index >= 15 is 0 Å². The van der Waals surface area contributed by atoms with E-state index in [-0.39, 0.29) is 34.6 Å². The minimum absolute atomic E-state index is 0.0147. The van der Waals surface area contributed by atoms with Crippen molar-refractivity contribution in [2.24, 2.45) is 0 Å². The van der Waals surface area contributed by atoms with Gasteiger partial charge < -0.3 is 26.4 Å². The number of nitrogens with one attached hydrogen (secondary N) is 2. The van der Waals surface area contributed by atoms with Crippen molar-refractivity contribution in [1.82, 2.24) is 20.2 Å². The van der Waals surface area contributed by atoms with E-state index in [0.717, 1.165) is 0 Å². The van der Waals surface area contributed by atoms with E-state index in [1.165, 1.54) is 6.33 Å². The molecule has 0 fully saturated rings. The molecule has 5 N–H and O–H groups in total. The maximum Gasteiger partial charge on any atom is 0.328 e. The maximum atomic E-state index is 13.2. The predicted molar refractivity (Wildman–Crippen MR) is 153 cm³/mol. The quantitative estimate of drug-likeness (QED) is 0.240. The molecule has 2 amide bonds. The molecule has 0 spiro atoms. The summed E-state index contributed by atoms with van der Waals surface area (Å²) in [5, 5.41) is 16.2. The van der Waals surface area contributed by atoms with Gasteiger partial charge in [-0.25, -0.2) is 14.8 Å². The third kappa shape index (κ3) is 5.49. The monoisotopic (exact) mass is 578 g/mol. The summed E-state index contributed by atoms with van der Waals surface area (Å²) in [6.07, 6.45) is 1.77. The predicted octanol–water partition coefficient (Wildman–Crippen LogP) is 4.01. The van der Waals surface area contributed by atoms with Gasteiger partial charge >= 0.3 is 5.97 Å². The molecule has 3 aromatic carbocycles. The molecule has 10 nitrogen and oxygen atoms in total. The third-order valence-electron chi connectivity index (χ3n) is 6.70. The summed E-state index contributed by atoms with van der Waals surface area (Å²) in [5.74, 6) is -1.69. The van der Waals surface area contributed by atoms with Gasteiger partial charge in [-0.3, -0.25) is 9.59 Å². The number of halogens is 2. The first-order valence-electron chi connectivity index (χ1n) is 12.3. The van der Waals surface area contributed by atoms with Crippen LogP contribution in [0.4, 0.5) is 11.5 Å². The van der Waals surface area contributed by atoms with Gasteiger partial charge in [0.25, 0.3) is 11.8 Å². The van der Waals surface area contributed by atoms with Crippen LogP contribution in [0.3, 0.4) is 0 Å². The number of fused-ring (bicyclic) bond motifs is 2. The number of carbonyl (C=O) groups is 3. The Morgan fingerprint density at radius 1 is 1.07 bits per heavy atom. The lowest BCUT2D eigenvalue weighted by molar-refractivity contribution is -0.138. The van der Waals surface area contributed by atoms with Crippen LogP contribution in [0.1, 0.15) is 31.8 Å². The molecule has 1 aliphatic heterocycles. The van der Waals surface area contributed by atoms with E-state index in [1.54, 1.807) is 35.2 Å². The fourth-order valence-electron chi connectivity index (χ4n) is 4.62. The van der Waals surface area contributed by atoms with E-state index in [9.17, 15) is 19.5 Å². The van der Waals surface area contributed by atoms with Crippen molar-refractivity contribution < 1.29 is 19.5 Å². The summed E-state index contributed by atoms with van der Waals surface area (Å²) in [4.78, 5) is 48.2. The number of carbonyl (C=O) groups excluding carboxylic acids is 2. The molecule has 4 aromatic rings. The number of nitrogen functional groups attached to an aromatic ring is 1. The molecule has 2 heterocycles. The van der Waals surface area contributed by atoms with Crippen LogP contribution in [-0.4, -0.2) is 56.9 Å². The molecule has 40 heavy (non-hydrogen) atoms. The number of para-hydroxylation sites is 1. The number of nitrogens with two attached hydrogens (primary N) is 1. The number of carboxylic acids is 1. The maximum absolute atomic E-state index is 13.2. The molecule has 1 aromatic heterocycles. The zero-order chi connectivity index (χ0) is 28.4. The van der Waals surface area contributed by atoms with Crippen LogP contribution in [0.15, 0.2) is 60.9 Å². The van der Waals surface area contributed by atoms with Crippen LogP contribution in [0.25, 0.3) is 10.9 Å². The molecular weight excluding hydrogens is 555 g/mol. The molecule has 0 bridgehead atoms. The van der Waals surface area contributed by atoms with Crippen LogP contribution in [0.5, 0.6) is 0 Å². The van der Waals surface area contributed by atoms with Crippen LogP contribution in [-0.2, 0) is 17.8 Å². The summed E-state index contributed by atoms with van der Waals surface area (Å²) in [6.45, 7) is 0.492. The van der Waals surface area contributed by atoms with Gasteiger partial charge in [0, 0.05) is 36.3 Å². The van der Waals surface area contributed by atoms with Crippen molar-refractivity contribution in [3.63, 3.8) is 0 Å². The summed E-state index contributed by atoms with van der Waals surface area (Å²) >= 11 is 13.1. The van der Waals surface area contributed by atoms with Gasteiger partial charge in [0.1, 0.15) is 18.2 Å². The van der Waals surface area contributed by atoms with Crippen molar-refractivity contribution in [2.75, 3.05) is 24.1 Å². The number of hydrogen-bond donors (Lipinski definition) is 4. The van der Waals surface area contributed by atoms with Gasteiger partial charge in [0.05, 0.1) is 21.1 Å². The number of benzene rings is 3. The Balaban J connectivity index is 1.32. The Morgan fingerprint density at radius 2 is 1.82 bits per heavy atom. The average molecular weight is 579 g/mol. The second-order valence-electron chi connectivity index (χ2n) is 9.27. The molecule has 0 unspecified atom stereocenters. The summed E-state index contributed by atoms with van der Waals surface area (Å²) < 4.78 is 0. The second-order valence-corrected chi connectivity index (χ2v) is 10.1. The lowest BCUT2D eigenvalue weighted by atomic mass is 9.96. The normalized spacial score (nSPS) is 13.4. The van der Waals surface area contributed by atoms with Gasteiger partial charge in [0.2, 0.25) is 0 Å². The summed E-state index contributed by atoms with van der Waals surface area (Å²) in [6, 6.07) is 14.2. The Bertz CT molecular complexity index is 1620. The Kier molecular flexibility index (Phi) is 7.72. The first-order chi connectivity index (χ1) is 19.2. The average Bonchev–Trinajstić information content (AvgIpc) is 2.94. The van der Waals surface area contributed by atoms with E-state index < -0.39 is 17.9 Å². The van der Waals surface area contributed by atoms with E-state index in [4.69, 9.17) is 28.9 Å². The molecule has 12 heteroatoms. The van der Waals surface area contributed by atoms with Crippen LogP contribution in [0.2, 0.25) is 10.0 Å². The Hall–Kier alpha value is -4.41. The zero-order valence-electron chi connectivity index (χ0n) is 21.0. The first-order valence-corrected chi connectivity index (χ1v) is 13.1. The van der Waals surface area contributed by atoms with Crippen molar-refractivity contribution in [3.8, 4) is 0 Å². The highest BCUT2D eigenvalue weighted by Crippen LogP contribution is 2.35. The molecule has 204 valence electrons. The van der Waals surface area contributed by atoms with Crippen molar-refractivity contribution in [2.45, 2.75) is 19.0 Å². The lowest BCUT2D eigenvalue weighted by Crippen LogP contribution is -2.45. The van der Waals surface area contributed by atoms with E-state index in [2.05, 4.69) is 20.6 Å². The van der Waals surface area contributed by atoms with E-state index in [1.807, 2.05) is 24.3 Å². The highest BCUT2D eigenvalue weighted by Gasteiger charge is 2.29. The van der Waals surface area contributed by atoms with Gasteiger partial charge in [-0.2, -0.15) is 0 Å². The topological polar surface area (TPSA) is 151 Å². The number of hydrogen-bond acceptors (Lipinski definition) is 7. The largest absolute Gasteiger partial charge is 0.480 e. The fourth-order valence-corrected chi connectivity index (χ4v) is 5.38. The molecule has 1 aliphatic rings. The number of aromatic nitrogens is 2. The molecule has 5 rings (SSSR count). The number of amides is 2. The smallest absolute Gasteiger partial charge is 0.328 e. The van der Waals surface area contributed by atoms with E-state index in [0.29, 0.717) is 52.1 Å². The molecule has 0 radical (unpaired) electrons. The number of aliphatic carboxylic acids is 1. The minimum atomic E-state index is -1.31. The van der Waals surface area contributed by atoms with Crippen LogP contribution >= 0.6 is 23.2 Å². The van der Waals surface area contributed by atoms with Gasteiger partial charge in [0.15, 0.2) is 0 Å². The molecular formula is C28H24Cl2N6O4. The molecule has 1 atom stereocenters. The number of carboxylic acid groups (broad SMARTS) is 1. The second kappa shape index (κ2) is 11.4.